The monoisotopic (exact) mass is 641 g/mol. The lowest BCUT2D eigenvalue weighted by atomic mass is 9.98. The number of aromatic nitrogens is 3. The Labute approximate surface area is 304 Å². The molecule has 2 heterocycles. The molecule has 0 fully saturated rings. The number of benzene rings is 8. The summed E-state index contributed by atoms with van der Waals surface area (Å²) < 4.78 is 146. The molecule has 49 heavy (non-hydrogen) atoms. The van der Waals surface area contributed by atoms with Crippen LogP contribution in [0.5, 0.6) is 0 Å². The summed E-state index contributed by atoms with van der Waals surface area (Å²) in [5.41, 5.74) is -0.996. The van der Waals surface area contributed by atoms with Gasteiger partial charge in [-0.25, -0.2) is 15.0 Å². The Morgan fingerprint density at radius 3 is 2.08 bits per heavy atom. The van der Waals surface area contributed by atoms with E-state index >= 15 is 0 Å². The summed E-state index contributed by atoms with van der Waals surface area (Å²) in [6, 6.07) is 10.1. The highest BCUT2D eigenvalue weighted by Gasteiger charge is 2.21. The fraction of sp³-hybridized carbons (Fsp3) is 0. The molecule has 10 rings (SSSR count). The largest absolute Gasteiger partial charge is 0.455 e. The highest BCUT2D eigenvalue weighted by molar-refractivity contribution is 6.16. The zero-order chi connectivity index (χ0) is 46.2. The lowest BCUT2D eigenvalue weighted by molar-refractivity contribution is 0.670. The average Bonchev–Trinajstić information content (AvgIpc) is 3.67. The normalized spacial score (nSPS) is 16.2. The minimum Gasteiger partial charge on any atom is -0.455 e. The second-order valence-electron chi connectivity index (χ2n) is 11.2. The number of para-hydroxylation sites is 1. The highest BCUT2D eigenvalue weighted by atomic mass is 16.3. The average molecular weight is 642 g/mol. The number of furan rings is 1. The van der Waals surface area contributed by atoms with Crippen LogP contribution in [-0.4, -0.2) is 15.0 Å². The van der Waals surface area contributed by atoms with E-state index in [2.05, 4.69) is 0 Å². The van der Waals surface area contributed by atoms with Crippen molar-refractivity contribution < 1.29 is 26.3 Å². The molecule has 0 unspecified atom stereocenters. The van der Waals surface area contributed by atoms with Crippen molar-refractivity contribution in [2.24, 2.45) is 0 Å². The van der Waals surface area contributed by atoms with Crippen LogP contribution in [0.1, 0.15) is 21.9 Å². The van der Waals surface area contributed by atoms with Gasteiger partial charge in [0.1, 0.15) is 11.2 Å². The quantitative estimate of drug-likeness (QED) is 0.179. The maximum absolute atomic E-state index is 9.59. The van der Waals surface area contributed by atoms with Crippen molar-refractivity contribution >= 4 is 54.3 Å². The second-order valence-corrected chi connectivity index (χ2v) is 11.2. The Bertz CT molecular complexity index is 3790. The van der Waals surface area contributed by atoms with Gasteiger partial charge in [0.05, 0.1) is 21.9 Å². The zero-order valence-corrected chi connectivity index (χ0v) is 25.1. The summed E-state index contributed by atoms with van der Waals surface area (Å²) >= 11 is 0. The fourth-order valence-corrected chi connectivity index (χ4v) is 6.11. The van der Waals surface area contributed by atoms with Crippen LogP contribution in [0.15, 0.2) is 168 Å². The first kappa shape index (κ1) is 16.0. The van der Waals surface area contributed by atoms with Crippen molar-refractivity contribution in [2.75, 3.05) is 0 Å². The van der Waals surface area contributed by atoms with Crippen LogP contribution in [-0.2, 0) is 0 Å². The molecule has 0 aliphatic rings. The van der Waals surface area contributed by atoms with E-state index in [-0.39, 0.29) is 72.4 Å². The van der Waals surface area contributed by atoms with Crippen LogP contribution in [0.2, 0.25) is 0 Å². The van der Waals surface area contributed by atoms with Gasteiger partial charge in [0.2, 0.25) is 0 Å². The number of hydrogen-bond donors (Lipinski definition) is 0. The third kappa shape index (κ3) is 4.57. The Morgan fingerprint density at radius 1 is 0.449 bits per heavy atom. The number of nitrogens with zero attached hydrogens (tertiary/aromatic N) is 3. The molecule has 10 aromatic rings. The molecular formula is C45H27N3O. The molecule has 0 aliphatic carbocycles. The molecule has 8 aromatic carbocycles. The summed E-state index contributed by atoms with van der Waals surface area (Å²) in [5.74, 6) is -0.723. The van der Waals surface area contributed by atoms with Gasteiger partial charge in [-0.05, 0) is 68.1 Å². The molecule has 2 aromatic heterocycles. The highest BCUT2D eigenvalue weighted by Crippen LogP contribution is 2.41. The van der Waals surface area contributed by atoms with Crippen LogP contribution in [0.4, 0.5) is 0 Å². The van der Waals surface area contributed by atoms with Crippen molar-refractivity contribution in [2.45, 2.75) is 0 Å². The molecule has 228 valence electrons. The third-order valence-corrected chi connectivity index (χ3v) is 8.37. The second kappa shape index (κ2) is 11.0. The summed E-state index contributed by atoms with van der Waals surface area (Å²) in [6.45, 7) is 0. The van der Waals surface area contributed by atoms with Gasteiger partial charge in [-0.15, -0.1) is 0 Å². The van der Waals surface area contributed by atoms with Gasteiger partial charge in [0.25, 0.3) is 0 Å². The van der Waals surface area contributed by atoms with Crippen molar-refractivity contribution in [3.05, 3.63) is 163 Å². The summed E-state index contributed by atoms with van der Waals surface area (Å²) in [5, 5.41) is 2.84. The smallest absolute Gasteiger partial charge is 0.164 e. The molecule has 4 heteroatoms. The summed E-state index contributed by atoms with van der Waals surface area (Å²) in [4.78, 5) is 14.3. The first-order chi connectivity index (χ1) is 30.9. The van der Waals surface area contributed by atoms with Crippen molar-refractivity contribution in [3.8, 4) is 45.3 Å². The summed E-state index contributed by atoms with van der Waals surface area (Å²) in [7, 11) is 0. The maximum atomic E-state index is 9.59. The molecule has 0 spiro atoms. The SMILES string of the molecule is [2H]c1cc2c(oc3c(-c4c([2H])c([2H])c([2H])c([2H])c4[2H])cc([2H])c(-c4nc(-c5ccc6ccc7ccccc7c6c5)nc(-c5c([2H])c([2H])c6c([2H])c([2H])c([2H])c([2H])c6c5[2H])n4)c32)c([2H])c1[2H]. The Kier molecular flexibility index (Phi) is 3.57. The van der Waals surface area contributed by atoms with Gasteiger partial charge in [-0.1, -0.05) is 133 Å². The molecule has 0 saturated carbocycles. The molecule has 0 atom stereocenters. The van der Waals surface area contributed by atoms with E-state index in [1.54, 1.807) is 6.07 Å². The van der Waals surface area contributed by atoms with E-state index in [1.807, 2.05) is 48.5 Å². The first-order valence-corrected chi connectivity index (χ1v) is 15.1. The summed E-state index contributed by atoms with van der Waals surface area (Å²) in [6.07, 6.45) is 0. The van der Waals surface area contributed by atoms with Gasteiger partial charge < -0.3 is 4.42 Å². The third-order valence-electron chi connectivity index (χ3n) is 8.37. The molecule has 0 saturated heterocycles. The molecule has 4 nitrogen and oxygen atoms in total. The maximum Gasteiger partial charge on any atom is 0.164 e. The topological polar surface area (TPSA) is 51.8 Å². The van der Waals surface area contributed by atoms with E-state index in [0.717, 1.165) is 21.5 Å². The Balaban J connectivity index is 1.37. The molecule has 0 bridgehead atoms. The number of rotatable bonds is 4. The molecule has 0 aliphatic heterocycles. The van der Waals surface area contributed by atoms with Gasteiger partial charge >= 0.3 is 0 Å². The minimum atomic E-state index is -0.662. The van der Waals surface area contributed by atoms with Crippen molar-refractivity contribution in [1.29, 1.82) is 0 Å². The zero-order valence-electron chi connectivity index (χ0n) is 41.1. The number of fused-ring (bicyclic) bond motifs is 7. The Hall–Kier alpha value is -6.65. The molecular weight excluding hydrogens is 599 g/mol. The molecule has 0 N–H and O–H groups in total. The predicted octanol–water partition coefficient (Wildman–Crippen LogP) is 11.9. The van der Waals surface area contributed by atoms with E-state index in [4.69, 9.17) is 37.2 Å². The standard InChI is InChI=1S/C45H27N3O/c1-2-11-29(12-3-1)36-24-25-38(41-37-16-8-9-17-40(37)49-42(36)41)45-47-43(33-22-18-28-10-4-5-14-32(28)26-33)46-44(48-45)34-23-21-31-20-19-30-13-6-7-15-35(30)39(31)27-34/h1-27H/i1D,2D,3D,4D,5D,8D,9D,10D,11D,12D,14D,17D,18D,22D,25D,26D. The van der Waals surface area contributed by atoms with E-state index in [0.29, 0.717) is 5.56 Å². The van der Waals surface area contributed by atoms with Crippen molar-refractivity contribution in [1.82, 2.24) is 15.0 Å². The molecule has 0 amide bonds. The Morgan fingerprint density at radius 2 is 1.18 bits per heavy atom. The van der Waals surface area contributed by atoms with E-state index in [9.17, 15) is 4.11 Å². The van der Waals surface area contributed by atoms with Crippen molar-refractivity contribution in [3.63, 3.8) is 0 Å². The van der Waals surface area contributed by atoms with Crippen LogP contribution in [0.3, 0.4) is 0 Å². The first-order valence-electron chi connectivity index (χ1n) is 23.1. The lowest BCUT2D eigenvalue weighted by Crippen LogP contribution is -2.01. The van der Waals surface area contributed by atoms with Crippen LogP contribution >= 0.6 is 0 Å². The fourth-order valence-electron chi connectivity index (χ4n) is 6.11. The predicted molar refractivity (Wildman–Crippen MR) is 201 cm³/mol. The van der Waals surface area contributed by atoms with E-state index in [1.165, 1.54) is 12.1 Å². The number of hydrogen-bond acceptors (Lipinski definition) is 4. The van der Waals surface area contributed by atoms with E-state index < -0.39 is 96.7 Å². The van der Waals surface area contributed by atoms with Gasteiger partial charge in [-0.3, -0.25) is 0 Å². The minimum absolute atomic E-state index is 0.0295. The van der Waals surface area contributed by atoms with Gasteiger partial charge in [0, 0.05) is 33.0 Å². The van der Waals surface area contributed by atoms with Crippen LogP contribution in [0, 0.1) is 0 Å². The van der Waals surface area contributed by atoms with Crippen LogP contribution in [0.25, 0.3) is 99.5 Å². The lowest BCUT2D eigenvalue weighted by Gasteiger charge is -2.12. The van der Waals surface area contributed by atoms with Crippen LogP contribution < -0.4 is 0 Å². The molecule has 0 radical (unpaired) electrons. The van der Waals surface area contributed by atoms with Gasteiger partial charge in [-0.2, -0.15) is 0 Å². The van der Waals surface area contributed by atoms with Gasteiger partial charge in [0.15, 0.2) is 17.5 Å².